The Bertz CT molecular complexity index is 604. The molecule has 7 nitrogen and oxygen atoms in total. The van der Waals surface area contributed by atoms with Gasteiger partial charge in [0, 0.05) is 33.0 Å². The number of alkyl halides is 3. The lowest BCUT2D eigenvalue weighted by Crippen LogP contribution is -2.39. The van der Waals surface area contributed by atoms with Crippen molar-refractivity contribution in [2.45, 2.75) is 19.5 Å². The number of nitrogens with one attached hydrogen (secondary N) is 2. The van der Waals surface area contributed by atoms with E-state index in [0.29, 0.717) is 51.6 Å². The van der Waals surface area contributed by atoms with Crippen LogP contribution in [0.4, 0.5) is 13.2 Å². The van der Waals surface area contributed by atoms with E-state index in [2.05, 4.69) is 20.6 Å². The van der Waals surface area contributed by atoms with Gasteiger partial charge in [-0.25, -0.2) is 4.98 Å². The Morgan fingerprint density at radius 2 is 2.00 bits per heavy atom. The summed E-state index contributed by atoms with van der Waals surface area (Å²) in [5, 5.41) is 5.95. The van der Waals surface area contributed by atoms with Crippen molar-refractivity contribution in [3.63, 3.8) is 0 Å². The summed E-state index contributed by atoms with van der Waals surface area (Å²) in [6.45, 7) is 5.43. The third kappa shape index (κ3) is 9.95. The molecule has 0 amide bonds. The summed E-state index contributed by atoms with van der Waals surface area (Å²) in [7, 11) is 1.62. The molecule has 1 rings (SSSR count). The molecule has 11 heteroatoms. The number of rotatable bonds is 12. The summed E-state index contributed by atoms with van der Waals surface area (Å²) in [5.74, 6) is 0.557. The molecule has 2 N–H and O–H groups in total. The van der Waals surface area contributed by atoms with E-state index in [4.69, 9.17) is 25.8 Å². The van der Waals surface area contributed by atoms with E-state index >= 15 is 0 Å². The average Bonchev–Trinajstić information content (AvgIpc) is 2.64. The molecule has 1 heterocycles. The Morgan fingerprint density at radius 1 is 1.21 bits per heavy atom. The molecule has 28 heavy (non-hydrogen) atoms. The highest BCUT2D eigenvalue weighted by molar-refractivity contribution is 6.31. The zero-order valence-electron chi connectivity index (χ0n) is 15.9. The number of hydrogen-bond acceptors (Lipinski definition) is 5. The molecule has 0 radical (unpaired) electrons. The summed E-state index contributed by atoms with van der Waals surface area (Å²) >= 11 is 5.79. The van der Waals surface area contributed by atoms with Gasteiger partial charge in [-0.05, 0) is 19.4 Å². The first kappa shape index (κ1) is 24.3. The molecule has 0 saturated carbocycles. The van der Waals surface area contributed by atoms with Crippen molar-refractivity contribution in [3.05, 3.63) is 22.8 Å². The second-order valence-electron chi connectivity index (χ2n) is 5.50. The van der Waals surface area contributed by atoms with Crippen molar-refractivity contribution in [1.82, 2.24) is 15.6 Å². The molecule has 1 aromatic heterocycles. The molecule has 0 aliphatic carbocycles. The molecule has 0 atom stereocenters. The second kappa shape index (κ2) is 13.4. The average molecular weight is 427 g/mol. The lowest BCUT2D eigenvalue weighted by molar-refractivity contribution is -0.137. The largest absolute Gasteiger partial charge is 0.475 e. The number of aromatic nitrogens is 1. The first-order valence-corrected chi connectivity index (χ1v) is 9.20. The van der Waals surface area contributed by atoms with Crippen molar-refractivity contribution >= 4 is 17.6 Å². The number of methoxy groups -OCH3 is 1. The van der Waals surface area contributed by atoms with Crippen LogP contribution >= 0.6 is 11.6 Å². The highest BCUT2D eigenvalue weighted by Gasteiger charge is 2.31. The van der Waals surface area contributed by atoms with Gasteiger partial charge in [-0.2, -0.15) is 13.2 Å². The van der Waals surface area contributed by atoms with Gasteiger partial charge in [-0.15, -0.1) is 0 Å². The van der Waals surface area contributed by atoms with Crippen molar-refractivity contribution < 1.29 is 27.4 Å². The van der Waals surface area contributed by atoms with Gasteiger partial charge < -0.3 is 24.8 Å². The highest BCUT2D eigenvalue weighted by Crippen LogP contribution is 2.32. The third-order valence-electron chi connectivity index (χ3n) is 3.26. The quantitative estimate of drug-likeness (QED) is 0.304. The molecular formula is C17H26ClF3N4O3. The molecule has 0 aromatic carbocycles. The van der Waals surface area contributed by atoms with Gasteiger partial charge in [0.2, 0.25) is 5.88 Å². The minimum atomic E-state index is -4.50. The predicted molar refractivity (Wildman–Crippen MR) is 101 cm³/mol. The summed E-state index contributed by atoms with van der Waals surface area (Å²) in [6.07, 6.45) is -3.04. The zero-order valence-corrected chi connectivity index (χ0v) is 16.7. The maximum absolute atomic E-state index is 12.6. The number of guanidine groups is 1. The molecule has 0 bridgehead atoms. The first-order chi connectivity index (χ1) is 13.4. The molecular weight excluding hydrogens is 401 g/mol. The number of pyridine rings is 1. The maximum atomic E-state index is 12.6. The van der Waals surface area contributed by atoms with E-state index < -0.39 is 11.7 Å². The second-order valence-corrected chi connectivity index (χ2v) is 5.91. The van der Waals surface area contributed by atoms with Crippen LogP contribution in [0.5, 0.6) is 5.88 Å². The van der Waals surface area contributed by atoms with Crippen molar-refractivity contribution in [3.8, 4) is 5.88 Å². The summed E-state index contributed by atoms with van der Waals surface area (Å²) in [5.41, 5.74) is -0.921. The summed E-state index contributed by atoms with van der Waals surface area (Å²) in [4.78, 5) is 8.01. The van der Waals surface area contributed by atoms with Crippen LogP contribution < -0.4 is 15.4 Å². The van der Waals surface area contributed by atoms with Crippen LogP contribution in [0.3, 0.4) is 0 Å². The standard InChI is InChI=1S/C17H26ClF3N4O3/c1-3-22-16(23-5-4-7-27-10-9-26-2)24-6-8-28-15-14(18)11-13(12-25-15)17(19,20)21/h11-12H,3-10H2,1-2H3,(H2,22,23,24). The Balaban J connectivity index is 2.35. The van der Waals surface area contributed by atoms with E-state index in [1.807, 2.05) is 6.92 Å². The SMILES string of the molecule is CCNC(=NCCCOCCOC)NCCOc1ncc(C(F)(F)F)cc1Cl. The van der Waals surface area contributed by atoms with E-state index in [9.17, 15) is 13.2 Å². The lowest BCUT2D eigenvalue weighted by atomic mass is 10.3. The van der Waals surface area contributed by atoms with Crippen LogP contribution in [0.2, 0.25) is 5.02 Å². The van der Waals surface area contributed by atoms with Crippen LogP contribution in [0.15, 0.2) is 17.3 Å². The highest BCUT2D eigenvalue weighted by atomic mass is 35.5. The number of nitrogens with zero attached hydrogens (tertiary/aromatic N) is 2. The third-order valence-corrected chi connectivity index (χ3v) is 3.53. The minimum Gasteiger partial charge on any atom is -0.475 e. The zero-order chi connectivity index (χ0) is 20.8. The van der Waals surface area contributed by atoms with Crippen molar-refractivity contribution in [2.75, 3.05) is 53.2 Å². The normalized spacial score (nSPS) is 12.1. The Hall–Kier alpha value is -1.78. The Kier molecular flexibility index (Phi) is 11.6. The van der Waals surface area contributed by atoms with E-state index in [0.717, 1.165) is 12.5 Å². The molecule has 160 valence electrons. The van der Waals surface area contributed by atoms with E-state index in [1.165, 1.54) is 0 Å². The Labute approximate surface area is 167 Å². The predicted octanol–water partition coefficient (Wildman–Crippen LogP) is 2.74. The topological polar surface area (TPSA) is 77.0 Å². The van der Waals surface area contributed by atoms with Gasteiger partial charge in [0.1, 0.15) is 11.6 Å². The molecule has 1 aromatic rings. The maximum Gasteiger partial charge on any atom is 0.417 e. The van der Waals surface area contributed by atoms with Crippen molar-refractivity contribution in [1.29, 1.82) is 0 Å². The number of ether oxygens (including phenoxy) is 3. The van der Waals surface area contributed by atoms with Gasteiger partial charge in [-0.3, -0.25) is 4.99 Å². The number of aliphatic imine (C=N–C) groups is 1. The summed E-state index contributed by atoms with van der Waals surface area (Å²) < 4.78 is 53.3. The smallest absolute Gasteiger partial charge is 0.417 e. The molecule has 0 aliphatic rings. The van der Waals surface area contributed by atoms with Crippen LogP contribution in [-0.4, -0.2) is 64.1 Å². The van der Waals surface area contributed by atoms with Crippen LogP contribution in [0, 0.1) is 0 Å². The number of hydrogen-bond donors (Lipinski definition) is 2. The van der Waals surface area contributed by atoms with Gasteiger partial charge in [-0.1, -0.05) is 11.6 Å². The fourth-order valence-corrected chi connectivity index (χ4v) is 2.17. The van der Waals surface area contributed by atoms with Crippen LogP contribution in [0.25, 0.3) is 0 Å². The van der Waals surface area contributed by atoms with Crippen molar-refractivity contribution in [2.24, 2.45) is 4.99 Å². The van der Waals surface area contributed by atoms with E-state index in [-0.39, 0.29) is 17.5 Å². The molecule has 0 fully saturated rings. The Morgan fingerprint density at radius 3 is 2.64 bits per heavy atom. The summed E-state index contributed by atoms with van der Waals surface area (Å²) in [6, 6.07) is 0.789. The van der Waals surface area contributed by atoms with Gasteiger partial charge in [0.05, 0.1) is 25.3 Å². The van der Waals surface area contributed by atoms with E-state index in [1.54, 1.807) is 7.11 Å². The van der Waals surface area contributed by atoms with Crippen LogP contribution in [0.1, 0.15) is 18.9 Å². The molecule has 0 saturated heterocycles. The fourth-order valence-electron chi connectivity index (χ4n) is 1.95. The monoisotopic (exact) mass is 426 g/mol. The van der Waals surface area contributed by atoms with Gasteiger partial charge in [0.15, 0.2) is 5.96 Å². The van der Waals surface area contributed by atoms with Gasteiger partial charge in [0.25, 0.3) is 0 Å². The molecule has 0 spiro atoms. The molecule has 0 unspecified atom stereocenters. The molecule has 0 aliphatic heterocycles. The first-order valence-electron chi connectivity index (χ1n) is 8.82. The van der Waals surface area contributed by atoms with Crippen LogP contribution in [-0.2, 0) is 15.7 Å². The number of halogens is 4. The minimum absolute atomic E-state index is 0.0494. The van der Waals surface area contributed by atoms with Gasteiger partial charge >= 0.3 is 6.18 Å². The fraction of sp³-hybridized carbons (Fsp3) is 0.647. The lowest BCUT2D eigenvalue weighted by Gasteiger charge is -2.13.